The minimum atomic E-state index is -0.564. The predicted molar refractivity (Wildman–Crippen MR) is 76.4 cm³/mol. The van der Waals surface area contributed by atoms with Crippen LogP contribution in [-0.2, 0) is 9.53 Å². The lowest BCUT2D eigenvalue weighted by Gasteiger charge is -2.15. The van der Waals surface area contributed by atoms with E-state index in [1.165, 1.54) is 24.0 Å². The number of hydrogen-bond donors (Lipinski definition) is 1. The molecule has 0 saturated heterocycles. The van der Waals surface area contributed by atoms with E-state index < -0.39 is 6.04 Å². The van der Waals surface area contributed by atoms with E-state index in [0.717, 1.165) is 11.4 Å². The first-order valence-corrected chi connectivity index (χ1v) is 6.81. The molecule has 2 rings (SSSR count). The summed E-state index contributed by atoms with van der Waals surface area (Å²) in [4.78, 5) is 16.2. The van der Waals surface area contributed by atoms with Crippen LogP contribution in [0.5, 0.6) is 0 Å². The maximum Gasteiger partial charge on any atom is 0.335 e. The fraction of sp³-hybridized carbons (Fsp3) is 0.286. The van der Waals surface area contributed by atoms with E-state index in [4.69, 9.17) is 4.74 Å². The average molecular weight is 276 g/mol. The van der Waals surface area contributed by atoms with Crippen molar-refractivity contribution in [2.75, 3.05) is 12.4 Å². The maximum absolute atomic E-state index is 11.9. The quantitative estimate of drug-likeness (QED) is 0.872. The van der Waals surface area contributed by atoms with E-state index in [1.54, 1.807) is 0 Å². The number of carbonyl (C=O) groups excluding carboxylic acids is 1. The van der Waals surface area contributed by atoms with Crippen molar-refractivity contribution in [2.45, 2.75) is 19.9 Å². The van der Waals surface area contributed by atoms with Gasteiger partial charge in [-0.2, -0.15) is 0 Å². The van der Waals surface area contributed by atoms with Crippen LogP contribution in [0.3, 0.4) is 0 Å². The van der Waals surface area contributed by atoms with Gasteiger partial charge in [-0.3, -0.25) is 0 Å². The minimum Gasteiger partial charge on any atom is -0.467 e. The van der Waals surface area contributed by atoms with E-state index in [-0.39, 0.29) is 5.97 Å². The van der Waals surface area contributed by atoms with Gasteiger partial charge in [-0.15, -0.1) is 11.3 Å². The van der Waals surface area contributed by atoms with Gasteiger partial charge in [-0.25, -0.2) is 9.78 Å². The molecule has 1 heterocycles. The lowest BCUT2D eigenvalue weighted by atomic mass is 10.2. The summed E-state index contributed by atoms with van der Waals surface area (Å²) in [7, 11) is 1.38. The van der Waals surface area contributed by atoms with Gasteiger partial charge in [-0.1, -0.05) is 17.7 Å². The Morgan fingerprint density at radius 2 is 2.00 bits per heavy atom. The molecule has 0 bridgehead atoms. The molecule has 100 valence electrons. The molecule has 2 aromatic rings. The zero-order valence-corrected chi connectivity index (χ0v) is 12.0. The molecule has 0 saturated carbocycles. The summed E-state index contributed by atoms with van der Waals surface area (Å²) in [6.45, 7) is 3.92. The van der Waals surface area contributed by atoms with Gasteiger partial charge in [0.05, 0.1) is 7.11 Å². The van der Waals surface area contributed by atoms with Gasteiger partial charge in [0.1, 0.15) is 5.01 Å². The third kappa shape index (κ3) is 3.32. The second-order valence-corrected chi connectivity index (χ2v) is 5.18. The molecular formula is C14H16N2O2S. The van der Waals surface area contributed by atoms with Crippen molar-refractivity contribution in [3.8, 4) is 0 Å². The molecule has 19 heavy (non-hydrogen) atoms. The lowest BCUT2D eigenvalue weighted by molar-refractivity contribution is -0.141. The number of rotatable bonds is 4. The Balaban J connectivity index is 2.23. The van der Waals surface area contributed by atoms with E-state index >= 15 is 0 Å². The minimum absolute atomic E-state index is 0.338. The Labute approximate surface area is 116 Å². The van der Waals surface area contributed by atoms with Crippen LogP contribution >= 0.6 is 11.3 Å². The number of thiazole rings is 1. The van der Waals surface area contributed by atoms with Crippen LogP contribution in [0.2, 0.25) is 0 Å². The fourth-order valence-electron chi connectivity index (χ4n) is 1.66. The Morgan fingerprint density at radius 1 is 1.32 bits per heavy atom. The van der Waals surface area contributed by atoms with Crippen molar-refractivity contribution < 1.29 is 9.53 Å². The molecular weight excluding hydrogens is 260 g/mol. The first-order chi connectivity index (χ1) is 9.10. The molecule has 1 unspecified atom stereocenters. The molecule has 0 radical (unpaired) electrons. The van der Waals surface area contributed by atoms with Gasteiger partial charge in [0.2, 0.25) is 0 Å². The number of nitrogens with zero attached hydrogens (tertiary/aromatic N) is 1. The first kappa shape index (κ1) is 13.5. The molecule has 0 aliphatic heterocycles. The van der Waals surface area contributed by atoms with Crippen molar-refractivity contribution >= 4 is 23.0 Å². The molecule has 0 aliphatic carbocycles. The third-order valence-electron chi connectivity index (χ3n) is 2.68. The summed E-state index contributed by atoms with van der Waals surface area (Å²) in [5.74, 6) is -0.338. The molecule has 0 fully saturated rings. The Bertz CT molecular complexity index is 563. The first-order valence-electron chi connectivity index (χ1n) is 5.93. The van der Waals surface area contributed by atoms with Gasteiger partial charge in [0.15, 0.2) is 6.04 Å². The highest BCUT2D eigenvalue weighted by Crippen LogP contribution is 2.24. The lowest BCUT2D eigenvalue weighted by Crippen LogP contribution is -2.22. The number of anilines is 1. The molecule has 1 aromatic carbocycles. The summed E-state index contributed by atoms with van der Waals surface area (Å²) < 4.78 is 4.84. The number of nitrogens with one attached hydrogen (secondary N) is 1. The molecule has 1 aromatic heterocycles. The number of benzene rings is 1. The zero-order valence-electron chi connectivity index (χ0n) is 11.1. The topological polar surface area (TPSA) is 51.2 Å². The zero-order chi connectivity index (χ0) is 13.8. The smallest absolute Gasteiger partial charge is 0.335 e. The van der Waals surface area contributed by atoms with Crippen LogP contribution in [0.15, 0.2) is 29.6 Å². The average Bonchev–Trinajstić information content (AvgIpc) is 2.83. The van der Waals surface area contributed by atoms with Crippen LogP contribution in [0.4, 0.5) is 5.69 Å². The summed E-state index contributed by atoms with van der Waals surface area (Å²) in [5, 5.41) is 5.79. The standard InChI is InChI=1S/C14H16N2O2S/c1-9-4-6-11(7-5-9)16-12(14(17)18-3)13-15-10(2)8-19-13/h4-8,12,16H,1-3H3. The number of aryl methyl sites for hydroxylation is 2. The number of carbonyl (C=O) groups is 1. The molecule has 0 amide bonds. The molecule has 1 N–H and O–H groups in total. The van der Waals surface area contributed by atoms with Crippen LogP contribution < -0.4 is 5.32 Å². The largest absolute Gasteiger partial charge is 0.467 e. The van der Waals surface area contributed by atoms with E-state index in [2.05, 4.69) is 10.3 Å². The fourth-order valence-corrected chi connectivity index (χ4v) is 2.49. The van der Waals surface area contributed by atoms with Crippen LogP contribution in [0, 0.1) is 13.8 Å². The Hall–Kier alpha value is -1.88. The van der Waals surface area contributed by atoms with E-state index in [0.29, 0.717) is 5.01 Å². The van der Waals surface area contributed by atoms with Crippen molar-refractivity contribution in [3.05, 3.63) is 45.9 Å². The number of esters is 1. The normalized spacial score (nSPS) is 11.9. The van der Waals surface area contributed by atoms with E-state index in [9.17, 15) is 4.79 Å². The van der Waals surface area contributed by atoms with Gasteiger partial charge in [-0.05, 0) is 26.0 Å². The second kappa shape index (κ2) is 5.84. The number of hydrogen-bond acceptors (Lipinski definition) is 5. The Kier molecular flexibility index (Phi) is 4.16. The van der Waals surface area contributed by atoms with Crippen LogP contribution in [-0.4, -0.2) is 18.1 Å². The van der Waals surface area contributed by atoms with Crippen molar-refractivity contribution in [2.24, 2.45) is 0 Å². The summed E-state index contributed by atoms with van der Waals surface area (Å²) in [6.07, 6.45) is 0. The molecule has 0 aliphatic rings. The summed E-state index contributed by atoms with van der Waals surface area (Å²) in [6, 6.07) is 7.29. The highest BCUT2D eigenvalue weighted by atomic mass is 32.1. The van der Waals surface area contributed by atoms with Crippen LogP contribution in [0.1, 0.15) is 22.3 Å². The van der Waals surface area contributed by atoms with Crippen molar-refractivity contribution in [1.29, 1.82) is 0 Å². The number of methoxy groups -OCH3 is 1. The molecule has 1 atom stereocenters. The van der Waals surface area contributed by atoms with Gasteiger partial charge in [0.25, 0.3) is 0 Å². The second-order valence-electron chi connectivity index (χ2n) is 4.29. The molecule has 0 spiro atoms. The highest BCUT2D eigenvalue weighted by Gasteiger charge is 2.24. The maximum atomic E-state index is 11.9. The monoisotopic (exact) mass is 276 g/mol. The summed E-state index contributed by atoms with van der Waals surface area (Å²) in [5.41, 5.74) is 2.94. The van der Waals surface area contributed by atoms with Crippen LogP contribution in [0.25, 0.3) is 0 Å². The van der Waals surface area contributed by atoms with Gasteiger partial charge < -0.3 is 10.1 Å². The van der Waals surface area contributed by atoms with E-state index in [1.807, 2.05) is 43.5 Å². The highest BCUT2D eigenvalue weighted by molar-refractivity contribution is 7.09. The Morgan fingerprint density at radius 3 is 2.53 bits per heavy atom. The number of aromatic nitrogens is 1. The van der Waals surface area contributed by atoms with Gasteiger partial charge in [0, 0.05) is 16.8 Å². The van der Waals surface area contributed by atoms with Crippen molar-refractivity contribution in [1.82, 2.24) is 4.98 Å². The molecule has 5 heteroatoms. The summed E-state index contributed by atoms with van der Waals surface area (Å²) >= 11 is 1.45. The van der Waals surface area contributed by atoms with Crippen molar-refractivity contribution in [3.63, 3.8) is 0 Å². The molecule has 4 nitrogen and oxygen atoms in total. The van der Waals surface area contributed by atoms with Gasteiger partial charge >= 0.3 is 5.97 Å². The number of ether oxygens (including phenoxy) is 1. The SMILES string of the molecule is COC(=O)C(Nc1ccc(C)cc1)c1nc(C)cs1. The predicted octanol–water partition coefficient (Wildman–Crippen LogP) is 3.09. The third-order valence-corrected chi connectivity index (χ3v) is 3.71.